The van der Waals surface area contributed by atoms with Gasteiger partial charge in [0.2, 0.25) is 5.71 Å². The molecule has 0 saturated heterocycles. The predicted octanol–water partition coefficient (Wildman–Crippen LogP) is 1.70. The average molecular weight is 379 g/mol. The molecule has 0 fully saturated rings. The van der Waals surface area contributed by atoms with Gasteiger partial charge in [0.25, 0.3) is 0 Å². The van der Waals surface area contributed by atoms with Crippen LogP contribution in [0.1, 0.15) is 41.6 Å². The van der Waals surface area contributed by atoms with Crippen LogP contribution in [0.25, 0.3) is 5.53 Å². The van der Waals surface area contributed by atoms with Gasteiger partial charge in [-0.2, -0.15) is 4.79 Å². The van der Waals surface area contributed by atoms with E-state index in [4.69, 9.17) is 14.2 Å². The lowest BCUT2D eigenvalue weighted by atomic mass is 10.0. The second kappa shape index (κ2) is 8.50. The molecule has 0 atom stereocenters. The molecule has 0 aliphatic carbocycles. The van der Waals surface area contributed by atoms with Gasteiger partial charge in [-0.3, -0.25) is 4.79 Å². The maximum absolute atomic E-state index is 12.2. The Bertz CT molecular complexity index is 835. The highest BCUT2D eigenvalue weighted by atomic mass is 32.1. The van der Waals surface area contributed by atoms with Crippen molar-refractivity contribution in [3.63, 3.8) is 0 Å². The number of carbonyl (C=O) groups excluding carboxylic acids is 3. The second-order valence-electron chi connectivity index (χ2n) is 4.92. The molecule has 0 bridgehead atoms. The molecule has 1 aromatic heterocycles. The Labute approximate surface area is 153 Å². The van der Waals surface area contributed by atoms with Crippen LogP contribution < -0.4 is 0 Å². The van der Waals surface area contributed by atoms with Gasteiger partial charge >= 0.3 is 23.6 Å². The molecule has 2 heterocycles. The first kappa shape index (κ1) is 19.5. The monoisotopic (exact) mass is 379 g/mol. The van der Waals surface area contributed by atoms with Crippen LogP contribution in [-0.4, -0.2) is 53.9 Å². The van der Waals surface area contributed by atoms with Crippen molar-refractivity contribution in [2.45, 2.75) is 27.2 Å². The van der Waals surface area contributed by atoms with Crippen molar-refractivity contribution in [1.29, 1.82) is 0 Å². The lowest BCUT2D eigenvalue weighted by Gasteiger charge is -2.05. The van der Waals surface area contributed by atoms with Gasteiger partial charge in [-0.05, 0) is 20.8 Å². The van der Waals surface area contributed by atoms with E-state index in [9.17, 15) is 19.9 Å². The van der Waals surface area contributed by atoms with Gasteiger partial charge in [0.15, 0.2) is 0 Å². The van der Waals surface area contributed by atoms with E-state index in [0.29, 0.717) is 0 Å². The number of carbonyl (C=O) groups is 3. The van der Waals surface area contributed by atoms with Crippen LogP contribution in [0.2, 0.25) is 0 Å². The minimum atomic E-state index is -0.761. The van der Waals surface area contributed by atoms with Crippen molar-refractivity contribution in [3.8, 4) is 0 Å². The SMILES string of the molecule is CCOC(=O)Cc1c(C(=O)OCC)sc2c1C(=[N+]=[N-])C(C(=O)OCC)=N2. The van der Waals surface area contributed by atoms with Crippen molar-refractivity contribution >= 4 is 45.7 Å². The molecule has 0 N–H and O–H groups in total. The van der Waals surface area contributed by atoms with Crippen LogP contribution >= 0.6 is 11.3 Å². The highest BCUT2D eigenvalue weighted by Gasteiger charge is 2.42. The summed E-state index contributed by atoms with van der Waals surface area (Å²) < 4.78 is 14.8. The molecule has 1 aromatic rings. The summed E-state index contributed by atoms with van der Waals surface area (Å²) in [6.45, 7) is 5.38. The Hall–Kier alpha value is -2.84. The normalized spacial score (nSPS) is 12.1. The molecule has 26 heavy (non-hydrogen) atoms. The molecule has 1 aliphatic rings. The van der Waals surface area contributed by atoms with Crippen LogP contribution in [0.3, 0.4) is 0 Å². The minimum absolute atomic E-state index is 0.119. The maximum atomic E-state index is 12.2. The first-order chi connectivity index (χ1) is 12.5. The van der Waals surface area contributed by atoms with Crippen LogP contribution in [0.4, 0.5) is 5.00 Å². The molecule has 2 rings (SSSR count). The number of rotatable bonds is 7. The molecular formula is C16H17N3O6S. The average Bonchev–Trinajstić information content (AvgIpc) is 3.12. The summed E-state index contributed by atoms with van der Waals surface area (Å²) in [5, 5.41) is 0.267. The van der Waals surface area contributed by atoms with Gasteiger partial charge in [0.1, 0.15) is 15.4 Å². The van der Waals surface area contributed by atoms with Gasteiger partial charge in [-0.1, -0.05) is 0 Å². The zero-order valence-electron chi connectivity index (χ0n) is 14.5. The Kier molecular flexibility index (Phi) is 6.37. The lowest BCUT2D eigenvalue weighted by molar-refractivity contribution is -0.142. The van der Waals surface area contributed by atoms with Crippen molar-refractivity contribution in [2.24, 2.45) is 4.99 Å². The lowest BCUT2D eigenvalue weighted by Crippen LogP contribution is -2.26. The van der Waals surface area contributed by atoms with E-state index in [1.807, 2.05) is 0 Å². The van der Waals surface area contributed by atoms with Gasteiger partial charge < -0.3 is 19.7 Å². The van der Waals surface area contributed by atoms with Crippen LogP contribution in [0.5, 0.6) is 0 Å². The van der Waals surface area contributed by atoms with Crippen molar-refractivity contribution in [3.05, 3.63) is 21.5 Å². The third-order valence-corrected chi connectivity index (χ3v) is 4.42. The summed E-state index contributed by atoms with van der Waals surface area (Å²) in [5.41, 5.74) is 9.53. The highest BCUT2D eigenvalue weighted by molar-refractivity contribution is 7.19. The fourth-order valence-electron chi connectivity index (χ4n) is 2.37. The maximum Gasteiger partial charge on any atom is 0.365 e. The first-order valence-electron chi connectivity index (χ1n) is 7.95. The Morgan fingerprint density at radius 3 is 2.23 bits per heavy atom. The van der Waals surface area contributed by atoms with Crippen molar-refractivity contribution in [2.75, 3.05) is 19.8 Å². The summed E-state index contributed by atoms with van der Waals surface area (Å²) in [4.78, 5) is 43.6. The third-order valence-electron chi connectivity index (χ3n) is 3.32. The molecule has 0 aromatic carbocycles. The molecule has 1 aliphatic heterocycles. The van der Waals surface area contributed by atoms with E-state index >= 15 is 0 Å². The van der Waals surface area contributed by atoms with E-state index in [2.05, 4.69) is 9.78 Å². The van der Waals surface area contributed by atoms with E-state index in [0.717, 1.165) is 11.3 Å². The second-order valence-corrected chi connectivity index (χ2v) is 5.92. The zero-order valence-corrected chi connectivity index (χ0v) is 15.3. The number of nitrogens with zero attached hydrogens (tertiary/aromatic N) is 3. The van der Waals surface area contributed by atoms with Crippen LogP contribution in [0.15, 0.2) is 4.99 Å². The van der Waals surface area contributed by atoms with Crippen molar-refractivity contribution < 1.29 is 33.4 Å². The van der Waals surface area contributed by atoms with E-state index in [1.54, 1.807) is 20.8 Å². The fourth-order valence-corrected chi connectivity index (χ4v) is 3.47. The first-order valence-corrected chi connectivity index (χ1v) is 8.76. The molecule has 0 spiro atoms. The van der Waals surface area contributed by atoms with Crippen LogP contribution in [0, 0.1) is 0 Å². The van der Waals surface area contributed by atoms with Gasteiger partial charge in [0.05, 0.1) is 26.2 Å². The third kappa shape index (κ3) is 3.71. The van der Waals surface area contributed by atoms with Gasteiger partial charge in [-0.15, -0.1) is 11.3 Å². The Balaban J connectivity index is 2.54. The number of thiophene rings is 1. The fraction of sp³-hybridized carbons (Fsp3) is 0.438. The molecule has 10 heteroatoms. The van der Waals surface area contributed by atoms with Gasteiger partial charge in [-0.25, -0.2) is 14.6 Å². The largest absolute Gasteiger partial charge is 0.466 e. The van der Waals surface area contributed by atoms with Gasteiger partial charge in [0, 0.05) is 5.56 Å². The summed E-state index contributed by atoms with van der Waals surface area (Å²) in [7, 11) is 0. The minimum Gasteiger partial charge on any atom is -0.466 e. The number of esters is 3. The molecule has 0 radical (unpaired) electrons. The number of hydrogen-bond acceptors (Lipinski definition) is 8. The standard InChI is InChI=1S/C16H17N3O6S/c1-4-23-9(20)7-8-10-11(19-17)12(15(21)24-5-2)18-14(10)26-13(8)16(22)25-6-3/h4-7H2,1-3H3. The summed E-state index contributed by atoms with van der Waals surface area (Å²) >= 11 is 0.946. The number of hydrogen-bond donors (Lipinski definition) is 0. The Morgan fingerprint density at radius 2 is 1.65 bits per heavy atom. The summed E-state index contributed by atoms with van der Waals surface area (Å²) in [5.74, 6) is -1.96. The smallest absolute Gasteiger partial charge is 0.365 e. The summed E-state index contributed by atoms with van der Waals surface area (Å²) in [6, 6.07) is 0. The van der Waals surface area contributed by atoms with E-state index in [-0.39, 0.29) is 58.7 Å². The molecule has 0 saturated carbocycles. The van der Waals surface area contributed by atoms with Crippen molar-refractivity contribution in [1.82, 2.24) is 0 Å². The Morgan fingerprint density at radius 1 is 1.04 bits per heavy atom. The topological polar surface area (TPSA) is 128 Å². The number of aliphatic imine (C=N–C) groups is 1. The molecule has 9 nitrogen and oxygen atoms in total. The van der Waals surface area contributed by atoms with E-state index < -0.39 is 17.9 Å². The molecular weight excluding hydrogens is 362 g/mol. The number of fused-ring (bicyclic) bond motifs is 1. The molecule has 0 unspecified atom stereocenters. The molecule has 138 valence electrons. The zero-order chi connectivity index (χ0) is 19.3. The predicted molar refractivity (Wildman–Crippen MR) is 92.1 cm³/mol. The highest BCUT2D eigenvalue weighted by Crippen LogP contribution is 2.41. The quantitative estimate of drug-likeness (QED) is 0.307. The van der Waals surface area contributed by atoms with E-state index in [1.165, 1.54) is 0 Å². The summed E-state index contributed by atoms with van der Waals surface area (Å²) in [6.07, 6.45) is -0.252. The molecule has 0 amide bonds. The number of ether oxygens (including phenoxy) is 3. The van der Waals surface area contributed by atoms with Crippen LogP contribution in [-0.2, 0) is 30.2 Å².